The fourth-order valence-corrected chi connectivity index (χ4v) is 1.77. The average molecular weight is 309 g/mol. The lowest BCUT2D eigenvalue weighted by molar-refractivity contribution is -0.136. The van der Waals surface area contributed by atoms with Gasteiger partial charge in [0.15, 0.2) is 6.61 Å². The minimum atomic E-state index is -0.306. The number of rotatable bonds is 7. The molecule has 0 aliphatic heterocycles. The Hall–Kier alpha value is -2.15. The van der Waals surface area contributed by atoms with E-state index in [2.05, 4.69) is 5.32 Å². The summed E-state index contributed by atoms with van der Waals surface area (Å²) in [7, 11) is 1.54. The van der Waals surface area contributed by atoms with Gasteiger partial charge in [-0.1, -0.05) is 24.4 Å². The predicted molar refractivity (Wildman–Crippen MR) is 84.1 cm³/mol. The summed E-state index contributed by atoms with van der Waals surface area (Å²) in [6.07, 6.45) is 0. The first-order valence-corrected chi connectivity index (χ1v) is 6.88. The van der Waals surface area contributed by atoms with E-state index in [0.717, 1.165) is 0 Å². The van der Waals surface area contributed by atoms with E-state index in [1.54, 1.807) is 31.3 Å². The highest BCUT2D eigenvalue weighted by Gasteiger charge is 2.14. The van der Waals surface area contributed by atoms with Crippen LogP contribution in [0.3, 0.4) is 0 Å². The van der Waals surface area contributed by atoms with Gasteiger partial charge in [-0.25, -0.2) is 0 Å². The molecule has 0 aliphatic rings. The van der Waals surface area contributed by atoms with Crippen LogP contribution in [0, 0.1) is 0 Å². The maximum absolute atomic E-state index is 11.9. The van der Waals surface area contributed by atoms with Gasteiger partial charge >= 0.3 is 0 Å². The van der Waals surface area contributed by atoms with E-state index in [0.29, 0.717) is 17.9 Å². The number of carbonyl (C=O) groups excluding carboxylic acids is 2. The van der Waals surface area contributed by atoms with Gasteiger partial charge in [-0.2, -0.15) is 0 Å². The zero-order valence-corrected chi connectivity index (χ0v) is 12.9. The molecule has 0 unspecified atom stereocenters. The Bertz CT molecular complexity index is 534. The van der Waals surface area contributed by atoms with Gasteiger partial charge in [0.1, 0.15) is 10.7 Å². The van der Waals surface area contributed by atoms with Crippen molar-refractivity contribution in [2.24, 2.45) is 5.73 Å². The van der Waals surface area contributed by atoms with Gasteiger partial charge < -0.3 is 20.7 Å². The van der Waals surface area contributed by atoms with Crippen LogP contribution in [0.4, 0.5) is 0 Å². The Morgan fingerprint density at radius 2 is 2.05 bits per heavy atom. The number of amides is 2. The van der Waals surface area contributed by atoms with E-state index < -0.39 is 0 Å². The first-order valence-electron chi connectivity index (χ1n) is 6.48. The Morgan fingerprint density at radius 1 is 1.38 bits per heavy atom. The normalized spacial score (nSPS) is 9.81. The summed E-state index contributed by atoms with van der Waals surface area (Å²) < 4.78 is 5.43. The van der Waals surface area contributed by atoms with Crippen molar-refractivity contribution in [2.75, 3.05) is 26.7 Å². The quantitative estimate of drug-likeness (QED) is 0.707. The summed E-state index contributed by atoms with van der Waals surface area (Å²) in [5, 5.41) is 2.62. The van der Waals surface area contributed by atoms with Crippen LogP contribution in [0.15, 0.2) is 24.3 Å². The molecule has 6 nitrogen and oxygen atoms in total. The lowest BCUT2D eigenvalue weighted by atomic mass is 10.2. The molecule has 0 radical (unpaired) electrons. The Labute approximate surface area is 129 Å². The molecule has 0 bridgehead atoms. The van der Waals surface area contributed by atoms with Gasteiger partial charge in [-0.05, 0) is 19.1 Å². The van der Waals surface area contributed by atoms with E-state index in [1.165, 1.54) is 4.90 Å². The second kappa shape index (κ2) is 8.21. The molecule has 3 N–H and O–H groups in total. The van der Waals surface area contributed by atoms with Crippen molar-refractivity contribution < 1.29 is 14.3 Å². The zero-order valence-electron chi connectivity index (χ0n) is 12.1. The lowest BCUT2D eigenvalue weighted by Gasteiger charge is -2.17. The molecule has 0 saturated heterocycles. The number of thiocarbonyl (C=S) groups is 1. The van der Waals surface area contributed by atoms with Crippen molar-refractivity contribution in [3.05, 3.63) is 29.8 Å². The van der Waals surface area contributed by atoms with E-state index in [1.807, 2.05) is 6.92 Å². The Balaban J connectivity index is 2.57. The number of carbonyl (C=O) groups is 2. The number of nitrogens with zero attached hydrogens (tertiary/aromatic N) is 1. The maximum atomic E-state index is 11.9. The Morgan fingerprint density at radius 3 is 2.67 bits per heavy atom. The van der Waals surface area contributed by atoms with Crippen LogP contribution < -0.4 is 15.8 Å². The van der Waals surface area contributed by atoms with Gasteiger partial charge in [-0.3, -0.25) is 9.59 Å². The van der Waals surface area contributed by atoms with Crippen molar-refractivity contribution in [3.8, 4) is 5.75 Å². The molecular formula is C14H19N3O3S. The predicted octanol–water partition coefficient (Wildman–Crippen LogP) is 0.294. The molecule has 0 aromatic heterocycles. The van der Waals surface area contributed by atoms with Crippen LogP contribution in [0.5, 0.6) is 5.75 Å². The summed E-state index contributed by atoms with van der Waals surface area (Å²) in [6, 6.07) is 6.95. The smallest absolute Gasteiger partial charge is 0.260 e. The number of ether oxygens (including phenoxy) is 1. The number of hydrogen-bond donors (Lipinski definition) is 2. The third-order valence-corrected chi connectivity index (χ3v) is 2.90. The highest BCUT2D eigenvalue weighted by atomic mass is 32.1. The van der Waals surface area contributed by atoms with Crippen LogP contribution in [0.1, 0.15) is 12.5 Å². The molecule has 0 spiro atoms. The van der Waals surface area contributed by atoms with E-state index in [4.69, 9.17) is 22.7 Å². The largest absolute Gasteiger partial charge is 0.483 e. The molecule has 1 aromatic carbocycles. The van der Waals surface area contributed by atoms with Gasteiger partial charge in [-0.15, -0.1) is 0 Å². The molecule has 0 fully saturated rings. The van der Waals surface area contributed by atoms with Crippen LogP contribution >= 0.6 is 12.2 Å². The van der Waals surface area contributed by atoms with Crippen molar-refractivity contribution in [1.29, 1.82) is 0 Å². The van der Waals surface area contributed by atoms with Gasteiger partial charge in [0.05, 0.1) is 12.1 Å². The maximum Gasteiger partial charge on any atom is 0.260 e. The van der Waals surface area contributed by atoms with Crippen molar-refractivity contribution in [2.45, 2.75) is 6.92 Å². The van der Waals surface area contributed by atoms with Crippen LogP contribution in [0.2, 0.25) is 0 Å². The van der Waals surface area contributed by atoms with Gasteiger partial charge in [0, 0.05) is 13.6 Å². The molecule has 21 heavy (non-hydrogen) atoms. The summed E-state index contributed by atoms with van der Waals surface area (Å²) >= 11 is 4.92. The number of nitrogens with two attached hydrogens (primary N) is 1. The number of hydrogen-bond acceptors (Lipinski definition) is 4. The van der Waals surface area contributed by atoms with Gasteiger partial charge in [0.2, 0.25) is 5.91 Å². The molecule has 0 saturated carbocycles. The molecule has 0 atom stereocenters. The molecule has 7 heteroatoms. The minimum Gasteiger partial charge on any atom is -0.483 e. The molecule has 1 rings (SSSR count). The highest BCUT2D eigenvalue weighted by Crippen LogP contribution is 2.17. The number of nitrogens with one attached hydrogen (secondary N) is 1. The zero-order chi connectivity index (χ0) is 15.8. The molecule has 0 heterocycles. The second-order valence-corrected chi connectivity index (χ2v) is 4.79. The molecule has 114 valence electrons. The van der Waals surface area contributed by atoms with Crippen molar-refractivity contribution in [3.63, 3.8) is 0 Å². The van der Waals surface area contributed by atoms with E-state index >= 15 is 0 Å². The van der Waals surface area contributed by atoms with Crippen molar-refractivity contribution in [1.82, 2.24) is 10.2 Å². The summed E-state index contributed by atoms with van der Waals surface area (Å²) in [4.78, 5) is 24.8. The average Bonchev–Trinajstić information content (AvgIpc) is 2.45. The van der Waals surface area contributed by atoms with E-state index in [9.17, 15) is 9.59 Å². The van der Waals surface area contributed by atoms with E-state index in [-0.39, 0.29) is 30.0 Å². The van der Waals surface area contributed by atoms with Crippen LogP contribution in [0.25, 0.3) is 0 Å². The Kier molecular flexibility index (Phi) is 6.61. The first kappa shape index (κ1) is 16.9. The fourth-order valence-electron chi connectivity index (χ4n) is 1.60. The third kappa shape index (κ3) is 5.39. The fraction of sp³-hybridized carbons (Fsp3) is 0.357. The number of benzene rings is 1. The lowest BCUT2D eigenvalue weighted by Crippen LogP contribution is -2.40. The number of para-hydroxylation sites is 1. The second-order valence-electron chi connectivity index (χ2n) is 4.35. The van der Waals surface area contributed by atoms with Crippen LogP contribution in [-0.2, 0) is 9.59 Å². The van der Waals surface area contributed by atoms with Gasteiger partial charge in [0.25, 0.3) is 5.91 Å². The number of likely N-dealkylation sites (N-methyl/N-ethyl adjacent to an activating group) is 2. The molecule has 1 aromatic rings. The topological polar surface area (TPSA) is 84.7 Å². The SMILES string of the molecule is CCNC(=O)CN(C)C(=O)COc1ccccc1C(N)=S. The van der Waals surface area contributed by atoms with Crippen LogP contribution in [-0.4, -0.2) is 48.4 Å². The molecule has 0 aliphatic carbocycles. The van der Waals surface area contributed by atoms with Crippen molar-refractivity contribution >= 4 is 29.0 Å². The highest BCUT2D eigenvalue weighted by molar-refractivity contribution is 7.80. The monoisotopic (exact) mass is 309 g/mol. The summed E-state index contributed by atoms with van der Waals surface area (Å²) in [6.45, 7) is 2.15. The third-order valence-electron chi connectivity index (χ3n) is 2.68. The first-order chi connectivity index (χ1) is 9.95. The molecule has 2 amide bonds. The minimum absolute atomic E-state index is 0.00696. The molecular weight excluding hydrogens is 290 g/mol. The summed E-state index contributed by atoms with van der Waals surface area (Å²) in [5.74, 6) is -0.0689. The standard InChI is InChI=1S/C14H19N3O3S/c1-3-16-12(18)8-17(2)13(19)9-20-11-7-5-4-6-10(11)14(15)21/h4-7H,3,8-9H2,1-2H3,(H2,15,21)(H,16,18). The summed E-state index contributed by atoms with van der Waals surface area (Å²) in [5.41, 5.74) is 6.16.